The standard InChI is InChI=1S/C14H12Cl2OS/c15-12-6-8-13(9-7-12)18(17)14(16)10-11-4-2-1-3-5-11/h1-9,14H,10H2/t14-,18?/m1/s1. The van der Waals surface area contributed by atoms with Crippen molar-refractivity contribution in [2.45, 2.75) is 16.0 Å². The van der Waals surface area contributed by atoms with E-state index in [1.165, 1.54) is 0 Å². The number of hydrogen-bond donors (Lipinski definition) is 0. The van der Waals surface area contributed by atoms with Crippen LogP contribution in [0.15, 0.2) is 59.5 Å². The van der Waals surface area contributed by atoms with Crippen LogP contribution in [-0.4, -0.2) is 8.92 Å². The van der Waals surface area contributed by atoms with Crippen molar-refractivity contribution in [1.82, 2.24) is 0 Å². The Bertz CT molecular complexity index is 525. The van der Waals surface area contributed by atoms with E-state index in [9.17, 15) is 4.21 Å². The quantitative estimate of drug-likeness (QED) is 0.771. The number of rotatable bonds is 4. The van der Waals surface area contributed by atoms with E-state index in [0.29, 0.717) is 16.3 Å². The molecule has 1 unspecified atom stereocenters. The summed E-state index contributed by atoms with van der Waals surface area (Å²) in [7, 11) is -1.23. The molecule has 0 bridgehead atoms. The van der Waals surface area contributed by atoms with Gasteiger partial charge in [0, 0.05) is 16.3 Å². The highest BCUT2D eigenvalue weighted by Crippen LogP contribution is 2.20. The smallest absolute Gasteiger partial charge is 0.117 e. The van der Waals surface area contributed by atoms with E-state index >= 15 is 0 Å². The van der Waals surface area contributed by atoms with Gasteiger partial charge in [-0.25, -0.2) is 0 Å². The maximum atomic E-state index is 12.2. The van der Waals surface area contributed by atoms with Gasteiger partial charge in [-0.15, -0.1) is 11.6 Å². The van der Waals surface area contributed by atoms with Crippen LogP contribution in [0.3, 0.4) is 0 Å². The van der Waals surface area contributed by atoms with Crippen LogP contribution in [0.4, 0.5) is 0 Å². The third kappa shape index (κ3) is 3.58. The average molecular weight is 299 g/mol. The Morgan fingerprint density at radius 2 is 1.61 bits per heavy atom. The number of hydrogen-bond acceptors (Lipinski definition) is 1. The summed E-state index contributed by atoms with van der Waals surface area (Å²) in [5.41, 5.74) is 1.08. The molecular formula is C14H12Cl2OS. The van der Waals surface area contributed by atoms with Crippen LogP contribution in [0.1, 0.15) is 5.56 Å². The van der Waals surface area contributed by atoms with Crippen LogP contribution >= 0.6 is 23.2 Å². The van der Waals surface area contributed by atoms with E-state index in [4.69, 9.17) is 23.2 Å². The minimum absolute atomic E-state index is 0.437. The van der Waals surface area contributed by atoms with Crippen molar-refractivity contribution in [1.29, 1.82) is 0 Å². The second-order valence-electron chi connectivity index (χ2n) is 3.85. The van der Waals surface area contributed by atoms with Crippen LogP contribution in [-0.2, 0) is 17.2 Å². The maximum Gasteiger partial charge on any atom is 0.117 e. The Balaban J connectivity index is 2.07. The molecule has 0 aliphatic heterocycles. The SMILES string of the molecule is O=S(c1ccc(Cl)cc1)[C@@H](Cl)Cc1ccccc1. The van der Waals surface area contributed by atoms with Gasteiger partial charge in [0.15, 0.2) is 0 Å². The van der Waals surface area contributed by atoms with Gasteiger partial charge in [-0.1, -0.05) is 41.9 Å². The molecule has 0 aliphatic carbocycles. The highest BCUT2D eigenvalue weighted by atomic mass is 35.5. The van der Waals surface area contributed by atoms with Gasteiger partial charge in [0.05, 0.1) is 10.8 Å². The lowest BCUT2D eigenvalue weighted by Gasteiger charge is -2.09. The number of benzene rings is 2. The molecule has 4 heteroatoms. The van der Waals surface area contributed by atoms with Crippen molar-refractivity contribution in [2.24, 2.45) is 0 Å². The molecule has 0 saturated heterocycles. The molecule has 18 heavy (non-hydrogen) atoms. The molecule has 94 valence electrons. The Morgan fingerprint density at radius 3 is 2.22 bits per heavy atom. The van der Waals surface area contributed by atoms with E-state index in [-0.39, 0.29) is 0 Å². The van der Waals surface area contributed by atoms with Gasteiger partial charge in [-0.2, -0.15) is 0 Å². The lowest BCUT2D eigenvalue weighted by molar-refractivity contribution is 0.680. The van der Waals surface area contributed by atoms with Gasteiger partial charge in [-0.3, -0.25) is 4.21 Å². The van der Waals surface area contributed by atoms with Gasteiger partial charge in [0.1, 0.15) is 4.71 Å². The molecule has 0 radical (unpaired) electrons. The van der Waals surface area contributed by atoms with Crippen molar-refractivity contribution < 1.29 is 4.21 Å². The maximum absolute atomic E-state index is 12.2. The normalized spacial score (nSPS) is 14.1. The number of halogens is 2. The van der Waals surface area contributed by atoms with Crippen molar-refractivity contribution in [3.8, 4) is 0 Å². The average Bonchev–Trinajstić information content (AvgIpc) is 2.40. The summed E-state index contributed by atoms with van der Waals surface area (Å²) in [4.78, 5) is 0.704. The van der Waals surface area contributed by atoms with Crippen LogP contribution in [0.5, 0.6) is 0 Å². The molecule has 2 atom stereocenters. The zero-order chi connectivity index (χ0) is 13.0. The van der Waals surface area contributed by atoms with Crippen LogP contribution in [0, 0.1) is 0 Å². The van der Waals surface area contributed by atoms with E-state index in [1.54, 1.807) is 24.3 Å². The predicted molar refractivity (Wildman–Crippen MR) is 77.6 cm³/mol. The van der Waals surface area contributed by atoms with E-state index < -0.39 is 15.5 Å². The topological polar surface area (TPSA) is 17.1 Å². The molecule has 0 heterocycles. The summed E-state index contributed by atoms with van der Waals surface area (Å²) in [6.45, 7) is 0. The molecule has 0 fully saturated rings. The fraction of sp³-hybridized carbons (Fsp3) is 0.143. The number of alkyl halides is 1. The summed E-state index contributed by atoms with van der Waals surface area (Å²) in [6.07, 6.45) is 0.581. The molecule has 0 aliphatic rings. The first-order valence-corrected chi connectivity index (χ1v) is 7.53. The highest BCUT2D eigenvalue weighted by Gasteiger charge is 2.15. The van der Waals surface area contributed by atoms with Crippen LogP contribution in [0.25, 0.3) is 0 Å². The van der Waals surface area contributed by atoms with Gasteiger partial charge < -0.3 is 0 Å². The lowest BCUT2D eigenvalue weighted by atomic mass is 10.2. The molecule has 0 N–H and O–H groups in total. The molecule has 0 amide bonds. The Kier molecular flexibility index (Phi) is 4.81. The van der Waals surface area contributed by atoms with Crippen molar-refractivity contribution in [3.05, 3.63) is 65.2 Å². The van der Waals surface area contributed by atoms with Crippen molar-refractivity contribution in [2.75, 3.05) is 0 Å². The van der Waals surface area contributed by atoms with Gasteiger partial charge in [0.2, 0.25) is 0 Å². The zero-order valence-electron chi connectivity index (χ0n) is 9.55. The third-order valence-corrected chi connectivity index (χ3v) is 4.78. The van der Waals surface area contributed by atoms with Crippen molar-refractivity contribution in [3.63, 3.8) is 0 Å². The fourth-order valence-corrected chi connectivity index (χ4v) is 3.25. The Hall–Kier alpha value is -0.830. The van der Waals surface area contributed by atoms with Crippen LogP contribution < -0.4 is 0 Å². The minimum Gasteiger partial charge on any atom is -0.253 e. The van der Waals surface area contributed by atoms with Gasteiger partial charge in [-0.05, 0) is 29.8 Å². The largest absolute Gasteiger partial charge is 0.253 e. The molecule has 2 aromatic rings. The second-order valence-corrected chi connectivity index (χ2v) is 6.71. The monoisotopic (exact) mass is 298 g/mol. The molecular weight excluding hydrogens is 287 g/mol. The van der Waals surface area contributed by atoms with Gasteiger partial charge in [0.25, 0.3) is 0 Å². The summed E-state index contributed by atoms with van der Waals surface area (Å²) < 4.78 is 11.8. The molecule has 0 spiro atoms. The van der Waals surface area contributed by atoms with E-state index in [2.05, 4.69) is 0 Å². The van der Waals surface area contributed by atoms with Crippen LogP contribution in [0.2, 0.25) is 5.02 Å². The third-order valence-electron chi connectivity index (χ3n) is 2.52. The minimum atomic E-state index is -1.23. The molecule has 2 aromatic carbocycles. The molecule has 0 aromatic heterocycles. The van der Waals surface area contributed by atoms with E-state index in [1.807, 2.05) is 30.3 Å². The van der Waals surface area contributed by atoms with Crippen molar-refractivity contribution >= 4 is 34.0 Å². The summed E-state index contributed by atoms with van der Waals surface area (Å²) >= 11 is 12.0. The first-order chi connectivity index (χ1) is 8.66. The molecule has 0 saturated carbocycles. The Morgan fingerprint density at radius 1 is 1.00 bits per heavy atom. The summed E-state index contributed by atoms with van der Waals surface area (Å²) in [5, 5.41) is 0.630. The predicted octanol–water partition coefficient (Wildman–Crippen LogP) is 4.26. The highest BCUT2D eigenvalue weighted by molar-refractivity contribution is 7.87. The van der Waals surface area contributed by atoms with E-state index in [0.717, 1.165) is 5.56 Å². The zero-order valence-corrected chi connectivity index (χ0v) is 11.9. The second kappa shape index (κ2) is 6.37. The first kappa shape index (κ1) is 13.6. The summed E-state index contributed by atoms with van der Waals surface area (Å²) in [6, 6.07) is 16.7. The fourth-order valence-electron chi connectivity index (χ4n) is 1.59. The van der Waals surface area contributed by atoms with Gasteiger partial charge >= 0.3 is 0 Å². The Labute approximate surface area is 119 Å². The lowest BCUT2D eigenvalue weighted by Crippen LogP contribution is -2.11. The molecule has 2 rings (SSSR count). The molecule has 1 nitrogen and oxygen atoms in total. The summed E-state index contributed by atoms with van der Waals surface area (Å²) in [5.74, 6) is 0. The first-order valence-electron chi connectivity index (χ1n) is 5.51.